The molecule has 0 atom stereocenters. The summed E-state index contributed by atoms with van der Waals surface area (Å²) in [6.07, 6.45) is 3.50. The molecule has 0 aliphatic rings. The van der Waals surface area contributed by atoms with Gasteiger partial charge < -0.3 is 0 Å². The van der Waals surface area contributed by atoms with Gasteiger partial charge in [0.1, 0.15) is 0 Å². The lowest BCUT2D eigenvalue weighted by Gasteiger charge is -2.30. The molecule has 0 saturated heterocycles. The molecule has 1 heterocycles. The van der Waals surface area contributed by atoms with Crippen LogP contribution in [0.1, 0.15) is 12.5 Å². The van der Waals surface area contributed by atoms with Gasteiger partial charge in [-0.05, 0) is 17.9 Å². The van der Waals surface area contributed by atoms with Gasteiger partial charge in [-0.2, -0.15) is 10.6 Å². The Balaban J connectivity index is 2.45. The van der Waals surface area contributed by atoms with E-state index in [-0.39, 0.29) is 5.75 Å². The molecule has 3 nitrogen and oxygen atoms in total. The molecule has 0 fully saturated rings. The predicted molar refractivity (Wildman–Crippen MR) is 68.8 cm³/mol. The molecular weight excluding hydrogens is 222 g/mol. The summed E-state index contributed by atoms with van der Waals surface area (Å²) < 4.78 is 19.5. The van der Waals surface area contributed by atoms with Gasteiger partial charge in [-0.15, -0.1) is 0 Å². The first-order valence-electron chi connectivity index (χ1n) is 5.17. The smallest absolute Gasteiger partial charge is 0.0645 e. The second-order valence-electron chi connectivity index (χ2n) is 3.75. The van der Waals surface area contributed by atoms with Crippen molar-refractivity contribution in [1.82, 2.24) is 4.98 Å². The summed E-state index contributed by atoms with van der Waals surface area (Å²) >= 11 is 0. The van der Waals surface area contributed by atoms with Gasteiger partial charge in [-0.3, -0.25) is 14.1 Å². The molecule has 2 N–H and O–H groups in total. The zero-order chi connectivity index (χ0) is 11.6. The molecule has 0 bridgehead atoms. The quantitative estimate of drug-likeness (QED) is 0.859. The van der Waals surface area contributed by atoms with Crippen LogP contribution < -0.4 is 0 Å². The number of rotatable bonds is 3. The first-order valence-corrected chi connectivity index (χ1v) is 7.06. The molecule has 0 spiro atoms. The molecule has 2 aromatic rings. The Bertz CT molecular complexity index is 494. The molecule has 0 aliphatic carbocycles. The molecule has 0 saturated carbocycles. The van der Waals surface area contributed by atoms with Crippen molar-refractivity contribution < 1.29 is 9.11 Å². The van der Waals surface area contributed by atoms with E-state index in [9.17, 15) is 9.11 Å². The van der Waals surface area contributed by atoms with Crippen LogP contribution in [0, 0.1) is 0 Å². The summed E-state index contributed by atoms with van der Waals surface area (Å²) in [5, 5.41) is 2.08. The van der Waals surface area contributed by atoms with E-state index in [1.54, 1.807) is 19.3 Å². The van der Waals surface area contributed by atoms with Crippen LogP contribution in [0.15, 0.2) is 36.7 Å². The number of aromatic nitrogens is 1. The maximum Gasteiger partial charge on any atom is 0.0645 e. The van der Waals surface area contributed by atoms with Gasteiger partial charge in [-0.25, -0.2) is 0 Å². The lowest BCUT2D eigenvalue weighted by molar-refractivity contribution is 0.487. The molecule has 86 valence electrons. The summed E-state index contributed by atoms with van der Waals surface area (Å²) in [6.45, 7) is 1.79. The van der Waals surface area contributed by atoms with Crippen LogP contribution in [-0.2, 0) is 5.75 Å². The normalized spacial score (nSPS) is 12.9. The van der Waals surface area contributed by atoms with Gasteiger partial charge in [0.15, 0.2) is 0 Å². The Morgan fingerprint density at radius 1 is 1.19 bits per heavy atom. The van der Waals surface area contributed by atoms with Gasteiger partial charge in [0, 0.05) is 23.5 Å². The molecule has 16 heavy (non-hydrogen) atoms. The summed E-state index contributed by atoms with van der Waals surface area (Å²) in [4.78, 5) is 4.12. The highest BCUT2D eigenvalue weighted by Crippen LogP contribution is 2.42. The molecule has 4 heteroatoms. The second kappa shape index (κ2) is 4.41. The summed E-state index contributed by atoms with van der Waals surface area (Å²) in [6, 6.07) is 7.86. The van der Waals surface area contributed by atoms with Crippen molar-refractivity contribution in [3.05, 3.63) is 42.2 Å². The number of fused-ring (bicyclic) bond motifs is 1. The summed E-state index contributed by atoms with van der Waals surface area (Å²) in [5.74, 6) is 0.675. The SMILES string of the molecule is CCS(O)(O)Cc1cncc2ccccc12. The third-order valence-electron chi connectivity index (χ3n) is 2.60. The lowest BCUT2D eigenvalue weighted by Crippen LogP contribution is -2.04. The molecular formula is C12H15NO2S. The predicted octanol–water partition coefficient (Wildman–Crippen LogP) is 3.51. The van der Waals surface area contributed by atoms with Crippen molar-refractivity contribution in [2.45, 2.75) is 12.7 Å². The van der Waals surface area contributed by atoms with Crippen LogP contribution in [0.2, 0.25) is 0 Å². The van der Waals surface area contributed by atoms with Crippen LogP contribution in [0.3, 0.4) is 0 Å². The average Bonchev–Trinajstić information content (AvgIpc) is 2.29. The fourth-order valence-corrected chi connectivity index (χ4v) is 2.58. The third-order valence-corrected chi connectivity index (χ3v) is 4.30. The maximum atomic E-state index is 9.75. The molecule has 1 aromatic heterocycles. The van der Waals surface area contributed by atoms with E-state index < -0.39 is 10.6 Å². The molecule has 0 unspecified atom stereocenters. The van der Waals surface area contributed by atoms with Gasteiger partial charge >= 0.3 is 0 Å². The Labute approximate surface area is 96.5 Å². The zero-order valence-corrected chi connectivity index (χ0v) is 9.94. The van der Waals surface area contributed by atoms with E-state index in [1.165, 1.54) is 0 Å². The van der Waals surface area contributed by atoms with Crippen molar-refractivity contribution in [2.75, 3.05) is 5.75 Å². The molecule has 0 aliphatic heterocycles. The van der Waals surface area contributed by atoms with Gasteiger partial charge in [-0.1, -0.05) is 24.3 Å². The number of nitrogens with zero attached hydrogens (tertiary/aromatic N) is 1. The largest absolute Gasteiger partial charge is 0.299 e. The third kappa shape index (κ3) is 2.35. The minimum absolute atomic E-state index is 0.290. The average molecular weight is 237 g/mol. The highest BCUT2D eigenvalue weighted by Gasteiger charge is 2.12. The van der Waals surface area contributed by atoms with E-state index in [0.717, 1.165) is 16.3 Å². The van der Waals surface area contributed by atoms with Gasteiger partial charge in [0.25, 0.3) is 0 Å². The number of hydrogen-bond donors (Lipinski definition) is 2. The van der Waals surface area contributed by atoms with E-state index >= 15 is 0 Å². The van der Waals surface area contributed by atoms with Crippen molar-refractivity contribution in [2.24, 2.45) is 0 Å². The Morgan fingerprint density at radius 2 is 1.94 bits per heavy atom. The van der Waals surface area contributed by atoms with Crippen molar-refractivity contribution in [3.8, 4) is 0 Å². The fourth-order valence-electron chi connectivity index (χ4n) is 1.65. The van der Waals surface area contributed by atoms with E-state index in [0.29, 0.717) is 5.75 Å². The highest BCUT2D eigenvalue weighted by molar-refractivity contribution is 8.23. The molecule has 2 rings (SSSR count). The van der Waals surface area contributed by atoms with Crippen molar-refractivity contribution in [1.29, 1.82) is 0 Å². The monoisotopic (exact) mass is 237 g/mol. The van der Waals surface area contributed by atoms with Gasteiger partial charge in [0.2, 0.25) is 0 Å². The van der Waals surface area contributed by atoms with Crippen LogP contribution in [0.4, 0.5) is 0 Å². The zero-order valence-electron chi connectivity index (χ0n) is 9.13. The maximum absolute atomic E-state index is 9.75. The molecule has 1 aromatic carbocycles. The fraction of sp³-hybridized carbons (Fsp3) is 0.250. The van der Waals surface area contributed by atoms with Crippen LogP contribution in [0.5, 0.6) is 0 Å². The summed E-state index contributed by atoms with van der Waals surface area (Å²) in [5.41, 5.74) is 0.903. The van der Waals surface area contributed by atoms with Crippen molar-refractivity contribution >= 4 is 21.4 Å². The van der Waals surface area contributed by atoms with Crippen LogP contribution in [0.25, 0.3) is 10.8 Å². The van der Waals surface area contributed by atoms with Crippen LogP contribution in [-0.4, -0.2) is 19.8 Å². The first-order chi connectivity index (χ1) is 7.62. The topological polar surface area (TPSA) is 53.4 Å². The first kappa shape index (κ1) is 11.4. The Hall–Kier alpha value is -1.10. The van der Waals surface area contributed by atoms with E-state index in [1.807, 2.05) is 24.3 Å². The minimum atomic E-state index is -2.50. The molecule has 0 amide bonds. The highest BCUT2D eigenvalue weighted by atomic mass is 32.3. The Morgan fingerprint density at radius 3 is 2.69 bits per heavy atom. The summed E-state index contributed by atoms with van der Waals surface area (Å²) in [7, 11) is -2.50. The standard InChI is InChI=1S/C12H15NO2S/c1-2-16(14,15)9-11-8-13-7-10-5-3-4-6-12(10)11/h3-8,14-15H,2,9H2,1H3. The number of pyridine rings is 1. The molecule has 0 radical (unpaired) electrons. The minimum Gasteiger partial charge on any atom is -0.299 e. The lowest BCUT2D eigenvalue weighted by atomic mass is 10.1. The van der Waals surface area contributed by atoms with E-state index in [2.05, 4.69) is 4.98 Å². The van der Waals surface area contributed by atoms with Gasteiger partial charge in [0.05, 0.1) is 5.75 Å². The Kier molecular flexibility index (Phi) is 3.14. The van der Waals surface area contributed by atoms with Crippen molar-refractivity contribution in [3.63, 3.8) is 0 Å². The van der Waals surface area contributed by atoms with Crippen LogP contribution >= 0.6 is 10.6 Å². The van der Waals surface area contributed by atoms with E-state index in [4.69, 9.17) is 0 Å². The number of benzene rings is 1. The number of hydrogen-bond acceptors (Lipinski definition) is 3. The second-order valence-corrected chi connectivity index (χ2v) is 6.23.